The smallest absolute Gasteiger partial charge is 0.220 e. The SMILES string of the molecule is CC(=O)c1cc(C[C@H]2CNCC[C@H]2CC(=O)NCc2ccco2)no1. The van der Waals surface area contributed by atoms with Crippen LogP contribution in [0.3, 0.4) is 0 Å². The Balaban J connectivity index is 1.54. The molecule has 2 aromatic rings. The molecule has 25 heavy (non-hydrogen) atoms. The molecule has 2 atom stereocenters. The molecule has 1 fully saturated rings. The first-order valence-electron chi connectivity index (χ1n) is 8.58. The molecular formula is C18H23N3O4. The van der Waals surface area contributed by atoms with Gasteiger partial charge in [-0.15, -0.1) is 0 Å². The van der Waals surface area contributed by atoms with Crippen molar-refractivity contribution in [3.63, 3.8) is 0 Å². The zero-order valence-corrected chi connectivity index (χ0v) is 14.3. The summed E-state index contributed by atoms with van der Waals surface area (Å²) in [6.45, 7) is 3.61. The van der Waals surface area contributed by atoms with Gasteiger partial charge in [-0.3, -0.25) is 9.59 Å². The summed E-state index contributed by atoms with van der Waals surface area (Å²) in [4.78, 5) is 23.6. The van der Waals surface area contributed by atoms with Crippen molar-refractivity contribution in [1.82, 2.24) is 15.8 Å². The van der Waals surface area contributed by atoms with Crippen LogP contribution in [0.25, 0.3) is 0 Å². The fourth-order valence-corrected chi connectivity index (χ4v) is 3.24. The fourth-order valence-electron chi connectivity index (χ4n) is 3.24. The van der Waals surface area contributed by atoms with E-state index in [0.717, 1.165) is 31.0 Å². The predicted molar refractivity (Wildman–Crippen MR) is 89.8 cm³/mol. The van der Waals surface area contributed by atoms with E-state index in [2.05, 4.69) is 15.8 Å². The molecule has 7 heteroatoms. The summed E-state index contributed by atoms with van der Waals surface area (Å²) in [7, 11) is 0. The number of hydrogen-bond acceptors (Lipinski definition) is 6. The van der Waals surface area contributed by atoms with Crippen LogP contribution in [0, 0.1) is 11.8 Å². The first-order chi connectivity index (χ1) is 12.1. The maximum Gasteiger partial charge on any atom is 0.220 e. The quantitative estimate of drug-likeness (QED) is 0.745. The van der Waals surface area contributed by atoms with Crippen LogP contribution in [0.15, 0.2) is 33.4 Å². The van der Waals surface area contributed by atoms with E-state index >= 15 is 0 Å². The van der Waals surface area contributed by atoms with E-state index in [0.29, 0.717) is 19.4 Å². The number of furan rings is 1. The highest BCUT2D eigenvalue weighted by atomic mass is 16.5. The van der Waals surface area contributed by atoms with Gasteiger partial charge in [-0.1, -0.05) is 5.16 Å². The van der Waals surface area contributed by atoms with Crippen LogP contribution in [0.4, 0.5) is 0 Å². The number of ketones is 1. The first-order valence-corrected chi connectivity index (χ1v) is 8.58. The number of Topliss-reactive ketones (excluding diaryl/α,β-unsaturated/α-hetero) is 1. The lowest BCUT2D eigenvalue weighted by molar-refractivity contribution is -0.122. The highest BCUT2D eigenvalue weighted by Crippen LogP contribution is 2.26. The van der Waals surface area contributed by atoms with Crippen LogP contribution in [-0.2, 0) is 17.8 Å². The summed E-state index contributed by atoms with van der Waals surface area (Å²) >= 11 is 0. The molecule has 0 aromatic carbocycles. The van der Waals surface area contributed by atoms with Crippen LogP contribution >= 0.6 is 0 Å². The maximum absolute atomic E-state index is 12.2. The molecule has 7 nitrogen and oxygen atoms in total. The van der Waals surface area contributed by atoms with Crippen molar-refractivity contribution in [3.8, 4) is 0 Å². The predicted octanol–water partition coefficient (Wildman–Crippen LogP) is 1.94. The van der Waals surface area contributed by atoms with Gasteiger partial charge in [0.25, 0.3) is 0 Å². The van der Waals surface area contributed by atoms with E-state index < -0.39 is 0 Å². The Labute approximate surface area is 146 Å². The Morgan fingerprint density at radius 1 is 1.40 bits per heavy atom. The van der Waals surface area contributed by atoms with Crippen LogP contribution in [0.5, 0.6) is 0 Å². The second-order valence-corrected chi connectivity index (χ2v) is 6.52. The standard InChI is InChI=1S/C18H23N3O4/c1-12(22)17-9-15(21-25-17)7-14-10-19-5-4-13(14)8-18(23)20-11-16-3-2-6-24-16/h2-3,6,9,13-14,19H,4-5,7-8,10-11H2,1H3,(H,20,23)/t13-,14-/m0/s1. The van der Waals surface area contributed by atoms with Gasteiger partial charge in [-0.05, 0) is 49.9 Å². The van der Waals surface area contributed by atoms with E-state index in [1.807, 2.05) is 6.07 Å². The summed E-state index contributed by atoms with van der Waals surface area (Å²) in [5.41, 5.74) is 0.764. The molecule has 1 saturated heterocycles. The average Bonchev–Trinajstić information content (AvgIpc) is 3.26. The van der Waals surface area contributed by atoms with E-state index in [9.17, 15) is 9.59 Å². The number of carbonyl (C=O) groups excluding carboxylic acids is 2. The number of aromatic nitrogens is 1. The molecule has 1 amide bonds. The van der Waals surface area contributed by atoms with Gasteiger partial charge in [0, 0.05) is 19.4 Å². The summed E-state index contributed by atoms with van der Waals surface area (Å²) < 4.78 is 10.3. The number of nitrogens with one attached hydrogen (secondary N) is 2. The molecule has 0 spiro atoms. The van der Waals surface area contributed by atoms with Crippen LogP contribution in [0.2, 0.25) is 0 Å². The molecule has 0 bridgehead atoms. The number of piperidine rings is 1. The van der Waals surface area contributed by atoms with Crippen molar-refractivity contribution in [2.75, 3.05) is 13.1 Å². The number of nitrogens with zero attached hydrogens (tertiary/aromatic N) is 1. The molecular weight excluding hydrogens is 322 g/mol. The Kier molecular flexibility index (Phi) is 5.65. The lowest BCUT2D eigenvalue weighted by atomic mass is 9.81. The van der Waals surface area contributed by atoms with E-state index in [-0.39, 0.29) is 29.3 Å². The average molecular weight is 345 g/mol. The maximum atomic E-state index is 12.2. The highest BCUT2D eigenvalue weighted by molar-refractivity contribution is 5.91. The lowest BCUT2D eigenvalue weighted by Gasteiger charge is -2.31. The van der Waals surface area contributed by atoms with E-state index in [4.69, 9.17) is 8.94 Å². The van der Waals surface area contributed by atoms with Gasteiger partial charge in [-0.25, -0.2) is 0 Å². The molecule has 0 unspecified atom stereocenters. The summed E-state index contributed by atoms with van der Waals surface area (Å²) in [5.74, 6) is 1.48. The van der Waals surface area contributed by atoms with Crippen molar-refractivity contribution in [2.45, 2.75) is 32.7 Å². The molecule has 0 saturated carbocycles. The summed E-state index contributed by atoms with van der Waals surface area (Å²) in [6, 6.07) is 5.34. The van der Waals surface area contributed by atoms with Gasteiger partial charge < -0.3 is 19.6 Å². The molecule has 3 heterocycles. The molecule has 134 valence electrons. The highest BCUT2D eigenvalue weighted by Gasteiger charge is 2.28. The van der Waals surface area contributed by atoms with Crippen molar-refractivity contribution in [1.29, 1.82) is 0 Å². The van der Waals surface area contributed by atoms with Crippen molar-refractivity contribution in [2.24, 2.45) is 11.8 Å². The number of amides is 1. The number of hydrogen-bond donors (Lipinski definition) is 2. The fraction of sp³-hybridized carbons (Fsp3) is 0.500. The zero-order chi connectivity index (χ0) is 17.6. The second kappa shape index (κ2) is 8.11. The third kappa shape index (κ3) is 4.79. The van der Waals surface area contributed by atoms with Crippen molar-refractivity contribution in [3.05, 3.63) is 41.7 Å². The number of rotatable bonds is 7. The Bertz CT molecular complexity index is 708. The second-order valence-electron chi connectivity index (χ2n) is 6.52. The Hall–Kier alpha value is -2.41. The van der Waals surface area contributed by atoms with Gasteiger partial charge in [0.15, 0.2) is 5.78 Å². The first kappa shape index (κ1) is 17.4. The van der Waals surface area contributed by atoms with Gasteiger partial charge in [-0.2, -0.15) is 0 Å². The molecule has 2 N–H and O–H groups in total. The van der Waals surface area contributed by atoms with Gasteiger partial charge >= 0.3 is 0 Å². The Morgan fingerprint density at radius 2 is 2.28 bits per heavy atom. The van der Waals surface area contributed by atoms with Crippen molar-refractivity contribution < 1.29 is 18.5 Å². The van der Waals surface area contributed by atoms with Crippen LogP contribution < -0.4 is 10.6 Å². The summed E-state index contributed by atoms with van der Waals surface area (Å²) in [6.07, 6.45) is 3.71. The molecule has 0 aliphatic carbocycles. The van der Waals surface area contributed by atoms with Gasteiger partial charge in [0.1, 0.15) is 5.76 Å². The molecule has 0 radical (unpaired) electrons. The van der Waals surface area contributed by atoms with E-state index in [1.165, 1.54) is 6.92 Å². The topological polar surface area (TPSA) is 97.4 Å². The third-order valence-electron chi connectivity index (χ3n) is 4.63. The Morgan fingerprint density at radius 3 is 3.00 bits per heavy atom. The largest absolute Gasteiger partial charge is 0.467 e. The summed E-state index contributed by atoms with van der Waals surface area (Å²) in [5, 5.41) is 10.3. The van der Waals surface area contributed by atoms with E-state index in [1.54, 1.807) is 18.4 Å². The van der Waals surface area contributed by atoms with Gasteiger partial charge in [0.2, 0.25) is 11.7 Å². The lowest BCUT2D eigenvalue weighted by Crippen LogP contribution is -2.40. The van der Waals surface area contributed by atoms with Crippen molar-refractivity contribution >= 4 is 11.7 Å². The van der Waals surface area contributed by atoms with Crippen LogP contribution in [-0.4, -0.2) is 29.9 Å². The molecule has 1 aliphatic heterocycles. The zero-order valence-electron chi connectivity index (χ0n) is 14.3. The minimum atomic E-state index is -0.130. The van der Waals surface area contributed by atoms with Crippen LogP contribution in [0.1, 0.15) is 41.8 Å². The molecule has 3 rings (SSSR count). The van der Waals surface area contributed by atoms with Gasteiger partial charge in [0.05, 0.1) is 18.5 Å². The minimum Gasteiger partial charge on any atom is -0.467 e. The monoisotopic (exact) mass is 345 g/mol. The molecule has 2 aromatic heterocycles. The normalized spacial score (nSPS) is 20.4. The third-order valence-corrected chi connectivity index (χ3v) is 4.63. The molecule has 1 aliphatic rings. The number of carbonyl (C=O) groups is 2. The minimum absolute atomic E-state index is 0.0258.